The molecule has 24 heavy (non-hydrogen) atoms. The van der Waals surface area contributed by atoms with Gasteiger partial charge in [0.1, 0.15) is 5.54 Å². The Hall–Kier alpha value is -2.28. The van der Waals surface area contributed by atoms with Gasteiger partial charge in [-0.25, -0.2) is 13.6 Å². The van der Waals surface area contributed by atoms with Crippen molar-refractivity contribution in [1.82, 2.24) is 5.32 Å². The molecule has 1 amide bonds. The van der Waals surface area contributed by atoms with Crippen LogP contribution < -0.4 is 5.32 Å². The van der Waals surface area contributed by atoms with Crippen LogP contribution in [0.3, 0.4) is 0 Å². The highest BCUT2D eigenvalue weighted by molar-refractivity contribution is 5.87. The van der Waals surface area contributed by atoms with E-state index in [4.69, 9.17) is 4.74 Å². The molecule has 7 heteroatoms. The van der Waals surface area contributed by atoms with Gasteiger partial charge in [0.25, 0.3) is 0 Å². The molecular weight excluding hydrogens is 320 g/mol. The summed E-state index contributed by atoms with van der Waals surface area (Å²) in [6.07, 6.45) is 1.32. The summed E-state index contributed by atoms with van der Waals surface area (Å²) in [6, 6.07) is 3.60. The zero-order chi connectivity index (χ0) is 18.3. The number of hydrogen-bond donors (Lipinski definition) is 2. The number of amides is 1. The average molecular weight is 341 g/mol. The molecule has 0 bridgehead atoms. The molecule has 2 N–H and O–H groups in total. The van der Waals surface area contributed by atoms with Crippen LogP contribution in [0.15, 0.2) is 24.3 Å². The molecule has 1 aromatic carbocycles. The summed E-state index contributed by atoms with van der Waals surface area (Å²) in [4.78, 5) is 23.4. The molecule has 0 radical (unpaired) electrons. The van der Waals surface area contributed by atoms with Crippen molar-refractivity contribution < 1.29 is 28.2 Å². The molecule has 0 aliphatic rings. The molecule has 132 valence electrons. The molecule has 0 heterocycles. The van der Waals surface area contributed by atoms with Crippen molar-refractivity contribution in [3.05, 3.63) is 41.5 Å². The largest absolute Gasteiger partial charge is 0.464 e. The van der Waals surface area contributed by atoms with E-state index in [0.29, 0.717) is 0 Å². The molecule has 0 aliphatic carbocycles. The number of aliphatic hydroxyl groups excluding tert-OH is 1. The van der Waals surface area contributed by atoms with E-state index in [0.717, 1.165) is 6.07 Å². The zero-order valence-electron chi connectivity index (χ0n) is 13.9. The van der Waals surface area contributed by atoms with Crippen molar-refractivity contribution >= 4 is 17.4 Å². The highest BCUT2D eigenvalue weighted by Gasteiger charge is 2.34. The van der Waals surface area contributed by atoms with Crippen molar-refractivity contribution in [2.75, 3.05) is 13.2 Å². The van der Waals surface area contributed by atoms with E-state index in [2.05, 4.69) is 5.32 Å². The van der Waals surface area contributed by atoms with Gasteiger partial charge < -0.3 is 15.2 Å². The minimum absolute atomic E-state index is 0.0583. The number of nitrogens with one attached hydrogen (secondary N) is 1. The number of halogens is 2. The minimum atomic E-state index is -1.38. The number of ether oxygens (including phenoxy) is 1. The second-order valence-corrected chi connectivity index (χ2v) is 5.43. The van der Waals surface area contributed by atoms with E-state index >= 15 is 0 Å². The van der Waals surface area contributed by atoms with Gasteiger partial charge in [0, 0.05) is 12.5 Å². The summed E-state index contributed by atoms with van der Waals surface area (Å²) in [5.41, 5.74) is -1.38. The van der Waals surface area contributed by atoms with Gasteiger partial charge in [-0.1, -0.05) is 18.2 Å². The van der Waals surface area contributed by atoms with Crippen molar-refractivity contribution in [2.24, 2.45) is 0 Å². The van der Waals surface area contributed by atoms with Crippen LogP contribution in [0.5, 0.6) is 0 Å². The first-order valence-corrected chi connectivity index (χ1v) is 7.45. The lowest BCUT2D eigenvalue weighted by Gasteiger charge is -2.27. The standard InChI is InChI=1S/C17H21F2NO4/c1-4-24-16(23)17(3,20-11(2)22)9-8-12(10-21)13-6-5-7-14(18)15(13)19/h5-8,21H,4,9-10H2,1-3H3,(H,20,22)/b12-8+. The Balaban J connectivity index is 3.15. The summed E-state index contributed by atoms with van der Waals surface area (Å²) < 4.78 is 32.1. The lowest BCUT2D eigenvalue weighted by atomic mass is 9.94. The molecule has 0 aliphatic heterocycles. The Morgan fingerprint density at radius 2 is 2.04 bits per heavy atom. The normalized spacial score (nSPS) is 14.0. The second kappa shape index (κ2) is 8.54. The molecule has 0 aromatic heterocycles. The van der Waals surface area contributed by atoms with Crippen molar-refractivity contribution in [1.29, 1.82) is 0 Å². The second-order valence-electron chi connectivity index (χ2n) is 5.43. The van der Waals surface area contributed by atoms with Crippen molar-refractivity contribution in [3.8, 4) is 0 Å². The number of esters is 1. The van der Waals surface area contributed by atoms with E-state index in [1.165, 1.54) is 32.1 Å². The molecule has 1 rings (SSSR count). The van der Waals surface area contributed by atoms with Crippen LogP contribution in [0.1, 0.15) is 32.8 Å². The molecular formula is C17H21F2NO4. The third kappa shape index (κ3) is 4.86. The predicted octanol–water partition coefficient (Wildman–Crippen LogP) is 2.19. The maximum Gasteiger partial charge on any atom is 0.331 e. The third-order valence-corrected chi connectivity index (χ3v) is 3.40. The van der Waals surface area contributed by atoms with Crippen molar-refractivity contribution in [3.63, 3.8) is 0 Å². The first-order chi connectivity index (χ1) is 11.2. The third-order valence-electron chi connectivity index (χ3n) is 3.40. The molecule has 1 aromatic rings. The first-order valence-electron chi connectivity index (χ1n) is 7.45. The van der Waals surface area contributed by atoms with Crippen LogP contribution in [0.4, 0.5) is 8.78 Å². The van der Waals surface area contributed by atoms with Crippen LogP contribution in [0, 0.1) is 11.6 Å². The van der Waals surface area contributed by atoms with Crippen LogP contribution in [0.2, 0.25) is 0 Å². The van der Waals surface area contributed by atoms with Crippen LogP contribution in [-0.2, 0) is 14.3 Å². The Bertz CT molecular complexity index is 645. The van der Waals surface area contributed by atoms with E-state index in [-0.39, 0.29) is 24.2 Å². The van der Waals surface area contributed by atoms with E-state index in [1.54, 1.807) is 6.92 Å². The molecule has 1 unspecified atom stereocenters. The molecule has 0 saturated carbocycles. The number of hydrogen-bond acceptors (Lipinski definition) is 4. The summed E-state index contributed by atoms with van der Waals surface area (Å²) in [7, 11) is 0. The first kappa shape index (κ1) is 19.8. The van der Waals surface area contributed by atoms with Gasteiger partial charge in [0.15, 0.2) is 11.6 Å². The fourth-order valence-electron chi connectivity index (χ4n) is 2.20. The van der Waals surface area contributed by atoms with E-state index < -0.39 is 35.7 Å². The fourth-order valence-corrected chi connectivity index (χ4v) is 2.20. The number of aliphatic hydroxyl groups is 1. The van der Waals surface area contributed by atoms with Crippen LogP contribution in [0.25, 0.3) is 5.57 Å². The Labute approximate surface area is 139 Å². The highest BCUT2D eigenvalue weighted by Crippen LogP contribution is 2.23. The Morgan fingerprint density at radius 1 is 1.38 bits per heavy atom. The Morgan fingerprint density at radius 3 is 2.58 bits per heavy atom. The highest BCUT2D eigenvalue weighted by atomic mass is 19.2. The van der Waals surface area contributed by atoms with E-state index in [1.807, 2.05) is 0 Å². The van der Waals surface area contributed by atoms with Gasteiger partial charge in [0.05, 0.1) is 13.2 Å². The quantitative estimate of drug-likeness (QED) is 0.746. The van der Waals surface area contributed by atoms with Gasteiger partial charge in [-0.3, -0.25) is 4.79 Å². The number of rotatable bonds is 7. The van der Waals surface area contributed by atoms with Gasteiger partial charge in [-0.05, 0) is 31.9 Å². The SMILES string of the molecule is CCOC(=O)C(C)(C/C=C(\CO)c1cccc(F)c1F)NC(C)=O. The molecule has 0 fully saturated rings. The number of carbonyl (C=O) groups is 2. The summed E-state index contributed by atoms with van der Waals surface area (Å²) >= 11 is 0. The van der Waals surface area contributed by atoms with Gasteiger partial charge in [0.2, 0.25) is 5.91 Å². The summed E-state index contributed by atoms with van der Waals surface area (Å²) in [5, 5.41) is 11.9. The maximum absolute atomic E-state index is 13.9. The molecule has 1 atom stereocenters. The monoisotopic (exact) mass is 341 g/mol. The van der Waals surface area contributed by atoms with E-state index in [9.17, 15) is 23.5 Å². The van der Waals surface area contributed by atoms with Gasteiger partial charge in [-0.15, -0.1) is 0 Å². The van der Waals surface area contributed by atoms with Crippen LogP contribution in [-0.4, -0.2) is 35.7 Å². The van der Waals surface area contributed by atoms with Gasteiger partial charge >= 0.3 is 5.97 Å². The number of benzene rings is 1. The smallest absolute Gasteiger partial charge is 0.331 e. The van der Waals surface area contributed by atoms with Crippen molar-refractivity contribution in [2.45, 2.75) is 32.7 Å². The zero-order valence-corrected chi connectivity index (χ0v) is 13.9. The summed E-state index contributed by atoms with van der Waals surface area (Å²) in [6.45, 7) is 3.91. The van der Waals surface area contributed by atoms with Gasteiger partial charge in [-0.2, -0.15) is 0 Å². The molecule has 0 spiro atoms. The molecule has 0 saturated heterocycles. The molecule has 5 nitrogen and oxygen atoms in total. The summed E-state index contributed by atoms with van der Waals surface area (Å²) in [5.74, 6) is -3.23. The lowest BCUT2D eigenvalue weighted by Crippen LogP contribution is -2.52. The predicted molar refractivity (Wildman–Crippen MR) is 84.9 cm³/mol. The lowest BCUT2D eigenvalue weighted by molar-refractivity contribution is -0.152. The topological polar surface area (TPSA) is 75.6 Å². The maximum atomic E-state index is 13.9. The Kier molecular flexibility index (Phi) is 7.03. The minimum Gasteiger partial charge on any atom is -0.464 e. The fraction of sp³-hybridized carbons (Fsp3) is 0.412. The van der Waals surface area contributed by atoms with Crippen LogP contribution >= 0.6 is 0 Å². The average Bonchev–Trinajstić information content (AvgIpc) is 2.51. The number of carbonyl (C=O) groups excluding carboxylic acids is 2.